The molecule has 0 bridgehead atoms. The Morgan fingerprint density at radius 3 is 2.43 bits per heavy atom. The largest absolute Gasteiger partial charge is 0.493 e. The highest BCUT2D eigenvalue weighted by Crippen LogP contribution is 2.27. The van der Waals surface area contributed by atoms with Gasteiger partial charge >= 0.3 is 0 Å². The average Bonchev–Trinajstić information content (AvgIpc) is 2.61. The first kappa shape index (κ1) is 16.9. The molecule has 2 aromatic rings. The molecule has 0 aliphatic rings. The third-order valence-electron chi connectivity index (χ3n) is 3.63. The lowest BCUT2D eigenvalue weighted by molar-refractivity contribution is 0.354. The van der Waals surface area contributed by atoms with Crippen LogP contribution in [0.3, 0.4) is 0 Å². The van der Waals surface area contributed by atoms with Gasteiger partial charge in [0.05, 0.1) is 14.2 Å². The number of nitrogens with zero attached hydrogens (tertiary/aromatic N) is 3. The maximum Gasteiger partial charge on any atom is 0.224 e. The van der Waals surface area contributed by atoms with E-state index in [1.165, 1.54) is 0 Å². The first-order chi connectivity index (χ1) is 11.2. The minimum atomic E-state index is 0.613. The number of benzene rings is 1. The molecule has 0 saturated carbocycles. The van der Waals surface area contributed by atoms with E-state index in [0.29, 0.717) is 18.2 Å². The van der Waals surface area contributed by atoms with Gasteiger partial charge in [-0.25, -0.2) is 4.98 Å². The van der Waals surface area contributed by atoms with E-state index in [0.717, 1.165) is 30.2 Å². The summed E-state index contributed by atoms with van der Waals surface area (Å²) in [5, 5.41) is 3.25. The monoisotopic (exact) mass is 316 g/mol. The van der Waals surface area contributed by atoms with Crippen LogP contribution in [0.15, 0.2) is 30.5 Å². The van der Waals surface area contributed by atoms with E-state index in [4.69, 9.17) is 9.47 Å². The van der Waals surface area contributed by atoms with Gasteiger partial charge in [-0.3, -0.25) is 0 Å². The maximum absolute atomic E-state index is 5.32. The molecule has 0 radical (unpaired) electrons. The van der Waals surface area contributed by atoms with Crippen molar-refractivity contribution in [2.24, 2.45) is 0 Å². The van der Waals surface area contributed by atoms with Gasteiger partial charge in [0.2, 0.25) is 5.95 Å². The third kappa shape index (κ3) is 4.25. The summed E-state index contributed by atoms with van der Waals surface area (Å²) in [5.74, 6) is 2.98. The molecule has 0 spiro atoms. The molecule has 23 heavy (non-hydrogen) atoms. The fourth-order valence-corrected chi connectivity index (χ4v) is 2.33. The summed E-state index contributed by atoms with van der Waals surface area (Å²) < 4.78 is 10.6. The van der Waals surface area contributed by atoms with E-state index in [2.05, 4.69) is 34.0 Å². The van der Waals surface area contributed by atoms with Crippen LogP contribution in [0.1, 0.15) is 19.4 Å². The molecule has 0 amide bonds. The van der Waals surface area contributed by atoms with Crippen LogP contribution in [-0.4, -0.2) is 37.3 Å². The molecule has 0 fully saturated rings. The predicted octanol–water partition coefficient (Wildman–Crippen LogP) is 2.95. The van der Waals surface area contributed by atoms with Crippen LogP contribution in [-0.2, 0) is 6.54 Å². The van der Waals surface area contributed by atoms with Gasteiger partial charge in [-0.2, -0.15) is 4.98 Å². The number of ether oxygens (including phenoxy) is 2. The number of aromatic nitrogens is 2. The third-order valence-corrected chi connectivity index (χ3v) is 3.63. The number of nitrogens with one attached hydrogen (secondary N) is 1. The van der Waals surface area contributed by atoms with Gasteiger partial charge in [0, 0.05) is 25.8 Å². The number of rotatable bonds is 8. The van der Waals surface area contributed by atoms with Crippen molar-refractivity contribution in [3.05, 3.63) is 36.0 Å². The van der Waals surface area contributed by atoms with E-state index in [9.17, 15) is 0 Å². The lowest BCUT2D eigenvalue weighted by atomic mass is 10.2. The molecule has 2 rings (SSSR count). The maximum atomic E-state index is 5.32. The van der Waals surface area contributed by atoms with Crippen molar-refractivity contribution >= 4 is 11.8 Å². The summed E-state index contributed by atoms with van der Waals surface area (Å²) in [6.45, 7) is 6.68. The smallest absolute Gasteiger partial charge is 0.224 e. The predicted molar refractivity (Wildman–Crippen MR) is 92.5 cm³/mol. The lowest BCUT2D eigenvalue weighted by Crippen LogP contribution is -2.23. The summed E-state index contributed by atoms with van der Waals surface area (Å²) >= 11 is 0. The SMILES string of the molecule is CCN(CC)c1ccnc(NCc2ccc(OC)c(OC)c2)n1. The number of methoxy groups -OCH3 is 2. The number of hydrogen-bond acceptors (Lipinski definition) is 6. The molecule has 0 atom stereocenters. The van der Waals surface area contributed by atoms with Crippen molar-refractivity contribution in [1.82, 2.24) is 9.97 Å². The van der Waals surface area contributed by atoms with E-state index in [1.54, 1.807) is 20.4 Å². The fraction of sp³-hybridized carbons (Fsp3) is 0.412. The molecule has 0 aliphatic carbocycles. The Hall–Kier alpha value is -2.50. The molecule has 0 unspecified atom stereocenters. The number of anilines is 2. The van der Waals surface area contributed by atoms with Crippen molar-refractivity contribution in [1.29, 1.82) is 0 Å². The zero-order chi connectivity index (χ0) is 16.7. The molecule has 1 aromatic carbocycles. The Morgan fingerprint density at radius 1 is 1.04 bits per heavy atom. The van der Waals surface area contributed by atoms with Crippen LogP contribution in [0.4, 0.5) is 11.8 Å². The molecular formula is C17H24N4O2. The standard InChI is InChI=1S/C17H24N4O2/c1-5-21(6-2)16-9-10-18-17(20-16)19-12-13-7-8-14(22-3)15(11-13)23-4/h7-11H,5-6,12H2,1-4H3,(H,18,19,20). The molecule has 1 aromatic heterocycles. The van der Waals surface area contributed by atoms with Gasteiger partial charge in [-0.1, -0.05) is 6.07 Å². The van der Waals surface area contributed by atoms with Crippen molar-refractivity contribution in [2.45, 2.75) is 20.4 Å². The first-order valence-electron chi connectivity index (χ1n) is 7.74. The Kier molecular flexibility index (Phi) is 6.02. The molecule has 0 aliphatic heterocycles. The lowest BCUT2D eigenvalue weighted by Gasteiger charge is -2.19. The topological polar surface area (TPSA) is 59.5 Å². The molecule has 6 nitrogen and oxygen atoms in total. The van der Waals surface area contributed by atoms with Gasteiger partial charge < -0.3 is 19.7 Å². The van der Waals surface area contributed by atoms with Gasteiger partial charge in [0.15, 0.2) is 11.5 Å². The Balaban J connectivity index is 2.07. The minimum Gasteiger partial charge on any atom is -0.493 e. The molecule has 1 N–H and O–H groups in total. The summed E-state index contributed by atoms with van der Waals surface area (Å²) in [5.41, 5.74) is 1.07. The van der Waals surface area contributed by atoms with Gasteiger partial charge in [-0.05, 0) is 37.6 Å². The van der Waals surface area contributed by atoms with E-state index in [1.807, 2.05) is 24.3 Å². The van der Waals surface area contributed by atoms with E-state index < -0.39 is 0 Å². The second-order valence-corrected chi connectivity index (χ2v) is 4.95. The highest BCUT2D eigenvalue weighted by Gasteiger charge is 2.07. The second-order valence-electron chi connectivity index (χ2n) is 4.95. The first-order valence-corrected chi connectivity index (χ1v) is 7.74. The molecule has 124 valence electrons. The van der Waals surface area contributed by atoms with Crippen LogP contribution in [0.25, 0.3) is 0 Å². The van der Waals surface area contributed by atoms with Crippen LogP contribution in [0.5, 0.6) is 11.5 Å². The summed E-state index contributed by atoms with van der Waals surface area (Å²) in [6, 6.07) is 7.75. The molecular weight excluding hydrogens is 292 g/mol. The van der Waals surface area contributed by atoms with E-state index in [-0.39, 0.29) is 0 Å². The Morgan fingerprint density at radius 2 is 1.78 bits per heavy atom. The number of hydrogen-bond donors (Lipinski definition) is 1. The van der Waals surface area contributed by atoms with Gasteiger partial charge in [0.25, 0.3) is 0 Å². The van der Waals surface area contributed by atoms with Crippen molar-refractivity contribution in [3.8, 4) is 11.5 Å². The van der Waals surface area contributed by atoms with Crippen LogP contribution >= 0.6 is 0 Å². The molecule has 1 heterocycles. The quantitative estimate of drug-likeness (QED) is 0.808. The Bertz CT molecular complexity index is 630. The zero-order valence-corrected chi connectivity index (χ0v) is 14.2. The van der Waals surface area contributed by atoms with Crippen LogP contribution < -0.4 is 19.7 Å². The summed E-state index contributed by atoms with van der Waals surface area (Å²) in [7, 11) is 3.26. The summed E-state index contributed by atoms with van der Waals surface area (Å²) in [4.78, 5) is 11.0. The summed E-state index contributed by atoms with van der Waals surface area (Å²) in [6.07, 6.45) is 1.78. The second kappa shape index (κ2) is 8.22. The molecule has 6 heteroatoms. The van der Waals surface area contributed by atoms with Crippen molar-refractivity contribution in [3.63, 3.8) is 0 Å². The Labute approximate surface area is 137 Å². The van der Waals surface area contributed by atoms with E-state index >= 15 is 0 Å². The fourth-order valence-electron chi connectivity index (χ4n) is 2.33. The molecule has 0 saturated heterocycles. The van der Waals surface area contributed by atoms with Crippen molar-refractivity contribution in [2.75, 3.05) is 37.5 Å². The minimum absolute atomic E-state index is 0.613. The normalized spacial score (nSPS) is 10.3. The van der Waals surface area contributed by atoms with Crippen LogP contribution in [0, 0.1) is 0 Å². The highest BCUT2D eigenvalue weighted by atomic mass is 16.5. The average molecular weight is 316 g/mol. The zero-order valence-electron chi connectivity index (χ0n) is 14.2. The van der Waals surface area contributed by atoms with Crippen LogP contribution in [0.2, 0.25) is 0 Å². The van der Waals surface area contributed by atoms with Gasteiger partial charge in [-0.15, -0.1) is 0 Å². The van der Waals surface area contributed by atoms with Gasteiger partial charge in [0.1, 0.15) is 5.82 Å². The van der Waals surface area contributed by atoms with Crippen molar-refractivity contribution < 1.29 is 9.47 Å². The highest BCUT2D eigenvalue weighted by molar-refractivity contribution is 5.45.